The summed E-state index contributed by atoms with van der Waals surface area (Å²) >= 11 is 5.03. The van der Waals surface area contributed by atoms with Crippen LogP contribution in [0.1, 0.15) is 16.7 Å². The molecule has 0 atom stereocenters. The lowest BCUT2D eigenvalue weighted by molar-refractivity contribution is 1.25. The van der Waals surface area contributed by atoms with Gasteiger partial charge in [-0.1, -0.05) is 45.4 Å². The van der Waals surface area contributed by atoms with Crippen LogP contribution in [0.25, 0.3) is 0 Å². The van der Waals surface area contributed by atoms with Crippen LogP contribution in [0, 0.1) is 25.2 Å². The zero-order valence-electron chi connectivity index (χ0n) is 10.2. The first-order valence-electron chi connectivity index (χ1n) is 5.55. The van der Waals surface area contributed by atoms with Gasteiger partial charge < -0.3 is 0 Å². The number of nitrogens with zero attached hydrogens (tertiary/aromatic N) is 1. The molecule has 0 amide bonds. The second-order valence-electron chi connectivity index (χ2n) is 4.12. The molecule has 0 aliphatic heterocycles. The summed E-state index contributed by atoms with van der Waals surface area (Å²) in [5.74, 6) is 0. The van der Waals surface area contributed by atoms with Crippen molar-refractivity contribution in [3.63, 3.8) is 0 Å². The Balaban J connectivity index is 2.37. The monoisotopic (exact) mass is 317 g/mol. The van der Waals surface area contributed by atoms with Gasteiger partial charge >= 0.3 is 0 Å². The number of hydrogen-bond acceptors (Lipinski definition) is 2. The van der Waals surface area contributed by atoms with Gasteiger partial charge in [0.15, 0.2) is 0 Å². The van der Waals surface area contributed by atoms with E-state index in [0.29, 0.717) is 5.56 Å². The molecule has 0 saturated carbocycles. The molecular formula is C15H12BrNS. The number of benzene rings is 2. The van der Waals surface area contributed by atoms with E-state index in [4.69, 9.17) is 5.26 Å². The Labute approximate surface area is 120 Å². The van der Waals surface area contributed by atoms with Crippen LogP contribution in [-0.2, 0) is 0 Å². The highest BCUT2D eigenvalue weighted by molar-refractivity contribution is 9.10. The third kappa shape index (κ3) is 2.95. The van der Waals surface area contributed by atoms with Gasteiger partial charge in [0, 0.05) is 14.3 Å². The normalized spacial score (nSPS) is 10.1. The third-order valence-corrected chi connectivity index (χ3v) is 4.36. The number of aryl methyl sites for hydroxylation is 2. The Morgan fingerprint density at radius 3 is 2.44 bits per heavy atom. The van der Waals surface area contributed by atoms with Crippen molar-refractivity contribution in [1.82, 2.24) is 0 Å². The molecule has 0 saturated heterocycles. The summed E-state index contributed by atoms with van der Waals surface area (Å²) in [6.07, 6.45) is 0. The molecule has 0 aliphatic carbocycles. The summed E-state index contributed by atoms with van der Waals surface area (Å²) in [5.41, 5.74) is 3.20. The van der Waals surface area contributed by atoms with E-state index in [9.17, 15) is 0 Å². The molecule has 2 aromatic rings. The van der Waals surface area contributed by atoms with Gasteiger partial charge in [-0.2, -0.15) is 5.26 Å². The molecule has 1 nitrogen and oxygen atoms in total. The molecule has 0 radical (unpaired) electrons. The van der Waals surface area contributed by atoms with Gasteiger partial charge in [-0.3, -0.25) is 0 Å². The van der Waals surface area contributed by atoms with Crippen molar-refractivity contribution in [2.24, 2.45) is 0 Å². The summed E-state index contributed by atoms with van der Waals surface area (Å²) in [5, 5.41) is 9.15. The Morgan fingerprint density at radius 1 is 1.06 bits per heavy atom. The van der Waals surface area contributed by atoms with Crippen molar-refractivity contribution in [2.75, 3.05) is 0 Å². The van der Waals surface area contributed by atoms with Crippen LogP contribution in [0.3, 0.4) is 0 Å². The average Bonchev–Trinajstić information content (AvgIpc) is 2.34. The highest BCUT2D eigenvalue weighted by atomic mass is 79.9. The molecule has 18 heavy (non-hydrogen) atoms. The number of halogens is 1. The molecule has 0 N–H and O–H groups in total. The molecular weight excluding hydrogens is 306 g/mol. The number of nitriles is 1. The first-order chi connectivity index (χ1) is 8.60. The fraction of sp³-hybridized carbons (Fsp3) is 0.133. The van der Waals surface area contributed by atoms with Crippen LogP contribution >= 0.6 is 27.7 Å². The lowest BCUT2D eigenvalue weighted by Crippen LogP contribution is -1.85. The quantitative estimate of drug-likeness (QED) is 0.770. The minimum Gasteiger partial charge on any atom is -0.192 e. The fourth-order valence-electron chi connectivity index (χ4n) is 1.71. The van der Waals surface area contributed by atoms with Crippen molar-refractivity contribution in [3.8, 4) is 6.07 Å². The minimum atomic E-state index is 0.703. The first-order valence-corrected chi connectivity index (χ1v) is 7.16. The van der Waals surface area contributed by atoms with E-state index in [1.807, 2.05) is 18.2 Å². The van der Waals surface area contributed by atoms with Gasteiger partial charge in [0.25, 0.3) is 0 Å². The van der Waals surface area contributed by atoms with Crippen molar-refractivity contribution >= 4 is 27.7 Å². The van der Waals surface area contributed by atoms with E-state index >= 15 is 0 Å². The van der Waals surface area contributed by atoms with E-state index in [0.717, 1.165) is 9.37 Å². The van der Waals surface area contributed by atoms with E-state index in [1.54, 1.807) is 11.8 Å². The van der Waals surface area contributed by atoms with Crippen LogP contribution < -0.4 is 0 Å². The molecule has 90 valence electrons. The second kappa shape index (κ2) is 5.60. The molecule has 0 spiro atoms. The van der Waals surface area contributed by atoms with Crippen LogP contribution in [-0.4, -0.2) is 0 Å². The van der Waals surface area contributed by atoms with Crippen LogP contribution in [0.4, 0.5) is 0 Å². The summed E-state index contributed by atoms with van der Waals surface area (Å²) < 4.78 is 0.934. The second-order valence-corrected chi connectivity index (χ2v) is 6.12. The van der Waals surface area contributed by atoms with Gasteiger partial charge in [-0.05, 0) is 43.7 Å². The topological polar surface area (TPSA) is 23.8 Å². The van der Waals surface area contributed by atoms with Crippen LogP contribution in [0.2, 0.25) is 0 Å². The fourth-order valence-corrected chi connectivity index (χ4v) is 3.02. The Kier molecular flexibility index (Phi) is 4.11. The standard InChI is InChI=1S/C15H12BrNS/c1-10-3-5-14(11(2)7-10)18-15-6-4-13(16)8-12(15)9-17/h3-8H,1-2H3. The molecule has 2 aromatic carbocycles. The van der Waals surface area contributed by atoms with Crippen LogP contribution in [0.15, 0.2) is 50.7 Å². The predicted octanol–water partition coefficient (Wildman–Crippen LogP) is 5.09. The van der Waals surface area contributed by atoms with Gasteiger partial charge in [0.1, 0.15) is 6.07 Å². The molecule has 0 heterocycles. The van der Waals surface area contributed by atoms with Crippen molar-refractivity contribution in [2.45, 2.75) is 23.6 Å². The molecule has 0 aliphatic rings. The van der Waals surface area contributed by atoms with Gasteiger partial charge in [0.05, 0.1) is 5.56 Å². The van der Waals surface area contributed by atoms with Crippen molar-refractivity contribution in [1.29, 1.82) is 5.26 Å². The van der Waals surface area contributed by atoms with Gasteiger partial charge in [-0.25, -0.2) is 0 Å². The Hall–Kier alpha value is -1.24. The Bertz CT molecular complexity index is 629. The maximum atomic E-state index is 9.15. The van der Waals surface area contributed by atoms with Crippen molar-refractivity contribution < 1.29 is 0 Å². The number of hydrogen-bond donors (Lipinski definition) is 0. The zero-order valence-corrected chi connectivity index (χ0v) is 12.6. The van der Waals surface area contributed by atoms with Gasteiger partial charge in [0.2, 0.25) is 0 Å². The largest absolute Gasteiger partial charge is 0.192 e. The molecule has 0 unspecified atom stereocenters. The smallest absolute Gasteiger partial charge is 0.100 e. The molecule has 2 rings (SSSR count). The zero-order chi connectivity index (χ0) is 13.1. The molecule has 0 aromatic heterocycles. The highest BCUT2D eigenvalue weighted by Crippen LogP contribution is 2.33. The number of rotatable bonds is 2. The molecule has 0 bridgehead atoms. The first kappa shape index (κ1) is 13.2. The minimum absolute atomic E-state index is 0.703. The van der Waals surface area contributed by atoms with Crippen LogP contribution in [0.5, 0.6) is 0 Å². The highest BCUT2D eigenvalue weighted by Gasteiger charge is 2.07. The maximum Gasteiger partial charge on any atom is 0.100 e. The summed E-state index contributed by atoms with van der Waals surface area (Å²) in [6.45, 7) is 4.18. The van der Waals surface area contributed by atoms with E-state index in [1.165, 1.54) is 16.0 Å². The molecule has 0 fully saturated rings. The predicted molar refractivity (Wildman–Crippen MR) is 78.9 cm³/mol. The van der Waals surface area contributed by atoms with E-state index in [-0.39, 0.29) is 0 Å². The third-order valence-electron chi connectivity index (χ3n) is 2.61. The summed E-state index contributed by atoms with van der Waals surface area (Å²) in [6, 6.07) is 14.4. The lowest BCUT2D eigenvalue weighted by atomic mass is 10.2. The average molecular weight is 318 g/mol. The van der Waals surface area contributed by atoms with Gasteiger partial charge in [-0.15, -0.1) is 0 Å². The summed E-state index contributed by atoms with van der Waals surface area (Å²) in [7, 11) is 0. The Morgan fingerprint density at radius 2 is 1.78 bits per heavy atom. The maximum absolute atomic E-state index is 9.15. The van der Waals surface area contributed by atoms with E-state index in [2.05, 4.69) is 54.0 Å². The van der Waals surface area contributed by atoms with Crippen molar-refractivity contribution in [3.05, 3.63) is 57.6 Å². The molecule has 3 heteroatoms. The van der Waals surface area contributed by atoms with E-state index < -0.39 is 0 Å². The SMILES string of the molecule is Cc1ccc(Sc2ccc(Br)cc2C#N)c(C)c1. The summed E-state index contributed by atoms with van der Waals surface area (Å²) in [4.78, 5) is 2.19. The lowest BCUT2D eigenvalue weighted by Gasteiger charge is -2.08.